The van der Waals surface area contributed by atoms with E-state index in [2.05, 4.69) is 18.9 Å². The summed E-state index contributed by atoms with van der Waals surface area (Å²) in [7, 11) is 1.83. The topological polar surface area (TPSA) is 38.0 Å². The molecule has 0 radical (unpaired) electrons. The molecule has 1 heterocycles. The van der Waals surface area contributed by atoms with Gasteiger partial charge in [0.1, 0.15) is 5.15 Å². The van der Waals surface area contributed by atoms with E-state index in [0.29, 0.717) is 11.1 Å². The summed E-state index contributed by atoms with van der Waals surface area (Å²) in [5.41, 5.74) is 1.79. The van der Waals surface area contributed by atoms with Gasteiger partial charge < -0.3 is 5.11 Å². The minimum Gasteiger partial charge on any atom is -0.388 e. The molecule has 1 saturated carbocycles. The molecule has 1 N–H and O–H groups in total. The van der Waals surface area contributed by atoms with Crippen molar-refractivity contribution in [3.63, 3.8) is 0 Å². The fourth-order valence-electron chi connectivity index (χ4n) is 2.95. The first-order valence-corrected chi connectivity index (χ1v) is 7.28. The predicted octanol–water partition coefficient (Wildman–Crippen LogP) is 3.81. The lowest BCUT2D eigenvalue weighted by Gasteiger charge is -2.17. The van der Waals surface area contributed by atoms with Gasteiger partial charge in [-0.05, 0) is 18.3 Å². The fraction of sp³-hybridized carbons (Fsp3) is 0.786. The molecule has 2 rings (SSSR count). The number of halogens is 1. The highest BCUT2D eigenvalue weighted by Gasteiger charge is 2.26. The first-order valence-electron chi connectivity index (χ1n) is 6.91. The normalized spacial score (nSPS) is 18.8. The highest BCUT2D eigenvalue weighted by atomic mass is 35.5. The zero-order valence-electron chi connectivity index (χ0n) is 11.5. The van der Waals surface area contributed by atoms with Gasteiger partial charge in [-0.3, -0.25) is 4.68 Å². The molecule has 0 spiro atoms. The molecule has 1 aromatic rings. The standard InChI is InChI=1S/C14H23ClN2O/c1-9(2)13-12(14(15)17(3)16-13)11(18)8-10-6-4-5-7-10/h9-11,18H,4-8H2,1-3H3. The third-order valence-electron chi connectivity index (χ3n) is 3.95. The summed E-state index contributed by atoms with van der Waals surface area (Å²) >= 11 is 6.28. The van der Waals surface area contributed by atoms with Crippen LogP contribution in [0.3, 0.4) is 0 Å². The minimum atomic E-state index is -0.466. The van der Waals surface area contributed by atoms with Gasteiger partial charge in [0, 0.05) is 12.6 Å². The molecular formula is C14H23ClN2O. The van der Waals surface area contributed by atoms with Gasteiger partial charge in [-0.15, -0.1) is 0 Å². The number of aliphatic hydroxyl groups excluding tert-OH is 1. The van der Waals surface area contributed by atoms with Gasteiger partial charge in [-0.2, -0.15) is 5.10 Å². The average molecular weight is 271 g/mol. The molecule has 0 amide bonds. The van der Waals surface area contributed by atoms with Crippen LogP contribution in [-0.4, -0.2) is 14.9 Å². The summed E-state index contributed by atoms with van der Waals surface area (Å²) in [6.45, 7) is 4.18. The Balaban J connectivity index is 2.19. The lowest BCUT2D eigenvalue weighted by atomic mass is 9.93. The van der Waals surface area contributed by atoms with Crippen LogP contribution in [0.25, 0.3) is 0 Å². The van der Waals surface area contributed by atoms with Crippen LogP contribution in [0.2, 0.25) is 5.15 Å². The van der Waals surface area contributed by atoms with Crippen molar-refractivity contribution in [2.75, 3.05) is 0 Å². The first kappa shape index (κ1) is 13.9. The molecular weight excluding hydrogens is 248 g/mol. The molecule has 1 atom stereocenters. The van der Waals surface area contributed by atoms with Crippen molar-refractivity contribution in [2.45, 2.75) is 58.0 Å². The second-order valence-corrected chi connectivity index (χ2v) is 6.13. The Morgan fingerprint density at radius 2 is 2.00 bits per heavy atom. The molecule has 0 saturated heterocycles. The van der Waals surface area contributed by atoms with Crippen molar-refractivity contribution in [3.05, 3.63) is 16.4 Å². The van der Waals surface area contributed by atoms with Crippen molar-refractivity contribution < 1.29 is 5.11 Å². The van der Waals surface area contributed by atoms with Crippen LogP contribution in [0.4, 0.5) is 0 Å². The Hall–Kier alpha value is -0.540. The lowest BCUT2D eigenvalue weighted by molar-refractivity contribution is 0.143. The highest BCUT2D eigenvalue weighted by molar-refractivity contribution is 6.30. The molecule has 1 fully saturated rings. The number of aromatic nitrogens is 2. The lowest BCUT2D eigenvalue weighted by Crippen LogP contribution is -2.07. The molecule has 18 heavy (non-hydrogen) atoms. The molecule has 1 aliphatic rings. The Bertz CT molecular complexity index is 408. The second-order valence-electron chi connectivity index (χ2n) is 5.77. The predicted molar refractivity (Wildman–Crippen MR) is 73.8 cm³/mol. The van der Waals surface area contributed by atoms with Crippen LogP contribution >= 0.6 is 11.6 Å². The van der Waals surface area contributed by atoms with E-state index in [1.165, 1.54) is 25.7 Å². The van der Waals surface area contributed by atoms with E-state index in [0.717, 1.165) is 17.7 Å². The largest absolute Gasteiger partial charge is 0.388 e. The van der Waals surface area contributed by atoms with Crippen LogP contribution in [0.15, 0.2) is 0 Å². The number of hydrogen-bond acceptors (Lipinski definition) is 2. The number of rotatable bonds is 4. The third kappa shape index (κ3) is 2.72. The summed E-state index contributed by atoms with van der Waals surface area (Å²) in [4.78, 5) is 0. The maximum absolute atomic E-state index is 10.5. The summed E-state index contributed by atoms with van der Waals surface area (Å²) in [6.07, 6.45) is 5.44. The zero-order chi connectivity index (χ0) is 13.3. The first-order chi connectivity index (χ1) is 8.50. The molecule has 3 nitrogen and oxygen atoms in total. The Morgan fingerprint density at radius 1 is 1.39 bits per heavy atom. The van der Waals surface area contributed by atoms with Gasteiger partial charge in [-0.1, -0.05) is 51.1 Å². The summed E-state index contributed by atoms with van der Waals surface area (Å²) < 4.78 is 1.67. The molecule has 1 aromatic heterocycles. The molecule has 1 unspecified atom stereocenters. The van der Waals surface area contributed by atoms with Crippen LogP contribution in [-0.2, 0) is 7.05 Å². The van der Waals surface area contributed by atoms with Gasteiger partial charge in [0.2, 0.25) is 0 Å². The molecule has 102 valence electrons. The average Bonchev–Trinajstić information content (AvgIpc) is 2.88. The van der Waals surface area contributed by atoms with Gasteiger partial charge in [0.15, 0.2) is 0 Å². The van der Waals surface area contributed by atoms with Crippen LogP contribution in [0, 0.1) is 5.92 Å². The van der Waals surface area contributed by atoms with E-state index in [4.69, 9.17) is 11.6 Å². The van der Waals surface area contributed by atoms with Crippen molar-refractivity contribution in [3.8, 4) is 0 Å². The van der Waals surface area contributed by atoms with Crippen molar-refractivity contribution >= 4 is 11.6 Å². The van der Waals surface area contributed by atoms with Crippen molar-refractivity contribution in [1.82, 2.24) is 9.78 Å². The maximum Gasteiger partial charge on any atom is 0.132 e. The van der Waals surface area contributed by atoms with Crippen LogP contribution < -0.4 is 0 Å². The van der Waals surface area contributed by atoms with E-state index < -0.39 is 6.10 Å². The minimum absolute atomic E-state index is 0.289. The fourth-order valence-corrected chi connectivity index (χ4v) is 3.21. The Morgan fingerprint density at radius 3 is 2.56 bits per heavy atom. The molecule has 0 aliphatic heterocycles. The third-order valence-corrected chi connectivity index (χ3v) is 4.40. The quantitative estimate of drug-likeness (QED) is 0.903. The highest BCUT2D eigenvalue weighted by Crippen LogP contribution is 2.37. The van der Waals surface area contributed by atoms with Crippen molar-refractivity contribution in [2.24, 2.45) is 13.0 Å². The van der Waals surface area contributed by atoms with Gasteiger partial charge in [0.25, 0.3) is 0 Å². The number of aliphatic hydroxyl groups is 1. The van der Waals surface area contributed by atoms with E-state index in [9.17, 15) is 5.11 Å². The van der Waals surface area contributed by atoms with Crippen molar-refractivity contribution in [1.29, 1.82) is 0 Å². The Kier molecular flexibility index (Phi) is 4.33. The summed E-state index contributed by atoms with van der Waals surface area (Å²) in [6, 6.07) is 0. The number of nitrogens with zero attached hydrogens (tertiary/aromatic N) is 2. The molecule has 0 aromatic carbocycles. The van der Waals surface area contributed by atoms with Crippen LogP contribution in [0.1, 0.15) is 69.2 Å². The van der Waals surface area contributed by atoms with Gasteiger partial charge in [0.05, 0.1) is 11.8 Å². The zero-order valence-corrected chi connectivity index (χ0v) is 12.2. The summed E-state index contributed by atoms with van der Waals surface area (Å²) in [5, 5.41) is 15.5. The van der Waals surface area contributed by atoms with E-state index in [-0.39, 0.29) is 5.92 Å². The molecule has 1 aliphatic carbocycles. The van der Waals surface area contributed by atoms with E-state index >= 15 is 0 Å². The van der Waals surface area contributed by atoms with Gasteiger partial charge in [-0.25, -0.2) is 0 Å². The Labute approximate surface area is 114 Å². The summed E-state index contributed by atoms with van der Waals surface area (Å²) in [5.74, 6) is 0.938. The number of aryl methyl sites for hydroxylation is 1. The molecule has 0 bridgehead atoms. The van der Waals surface area contributed by atoms with E-state index in [1.54, 1.807) is 4.68 Å². The van der Waals surface area contributed by atoms with Gasteiger partial charge >= 0.3 is 0 Å². The number of hydrogen-bond donors (Lipinski definition) is 1. The maximum atomic E-state index is 10.5. The smallest absolute Gasteiger partial charge is 0.132 e. The second kappa shape index (κ2) is 5.62. The SMILES string of the molecule is CC(C)c1nn(C)c(Cl)c1C(O)CC1CCCC1. The monoisotopic (exact) mass is 270 g/mol. The van der Waals surface area contributed by atoms with Crippen LogP contribution in [0.5, 0.6) is 0 Å². The van der Waals surface area contributed by atoms with E-state index in [1.807, 2.05) is 7.05 Å². The molecule has 4 heteroatoms.